The number of carbonyl (C=O) groups excluding carboxylic acids is 1. The molecule has 0 spiro atoms. The van der Waals surface area contributed by atoms with Crippen LogP contribution in [0.4, 0.5) is 0 Å². The number of benzene rings is 1. The summed E-state index contributed by atoms with van der Waals surface area (Å²) in [4.78, 5) is 11.1. The zero-order valence-electron chi connectivity index (χ0n) is 7.26. The highest BCUT2D eigenvalue weighted by atomic mass is 79.9. The zero-order chi connectivity index (χ0) is 10.2. The Balaban J connectivity index is 3.53. The van der Waals surface area contributed by atoms with E-state index in [2.05, 4.69) is 15.9 Å². The molecule has 0 atom stereocenters. The third kappa shape index (κ3) is 1.67. The molecule has 0 radical (unpaired) electrons. The minimum atomic E-state index is -0.296. The summed E-state index contributed by atoms with van der Waals surface area (Å²) in [5.74, 6) is -0.676. The Morgan fingerprint density at radius 1 is 1.46 bits per heavy atom. The molecule has 0 aliphatic rings. The first kappa shape index (κ1) is 10.1. The molecule has 0 aliphatic heterocycles. The Bertz CT molecular complexity index is 372. The lowest BCUT2D eigenvalue weighted by Crippen LogP contribution is -1.97. The minimum Gasteiger partial charge on any atom is -0.504 e. The van der Waals surface area contributed by atoms with E-state index in [4.69, 9.17) is 0 Å². The summed E-state index contributed by atoms with van der Waals surface area (Å²) in [6, 6.07) is 1.36. The number of phenolic OH excluding ortho intramolecular Hbond substituents is 2. The quantitative estimate of drug-likeness (QED) is 0.589. The number of halogens is 1. The summed E-state index contributed by atoms with van der Waals surface area (Å²) in [5, 5.41) is 18.5. The summed E-state index contributed by atoms with van der Waals surface area (Å²) < 4.78 is 0.248. The second-order valence-corrected chi connectivity index (χ2v) is 3.60. The highest BCUT2D eigenvalue weighted by Gasteiger charge is 2.15. The van der Waals surface area contributed by atoms with Gasteiger partial charge in [-0.05, 0) is 41.4 Å². The van der Waals surface area contributed by atoms with E-state index >= 15 is 0 Å². The molecule has 2 N–H and O–H groups in total. The van der Waals surface area contributed by atoms with Crippen LogP contribution in [0.1, 0.15) is 22.8 Å². The van der Waals surface area contributed by atoms with Crippen LogP contribution < -0.4 is 0 Å². The molecule has 4 heteroatoms. The monoisotopic (exact) mass is 244 g/mol. The lowest BCUT2D eigenvalue weighted by atomic mass is 10.0. The van der Waals surface area contributed by atoms with Gasteiger partial charge >= 0.3 is 0 Å². The molecule has 1 aromatic carbocycles. The fraction of sp³-hybridized carbons (Fsp3) is 0.222. The van der Waals surface area contributed by atoms with E-state index in [1.165, 1.54) is 13.0 Å². The van der Waals surface area contributed by atoms with Crippen LogP contribution in [0.25, 0.3) is 0 Å². The van der Waals surface area contributed by atoms with Crippen LogP contribution in [-0.2, 0) is 0 Å². The Kier molecular flexibility index (Phi) is 2.61. The molecule has 0 amide bonds. The van der Waals surface area contributed by atoms with Crippen LogP contribution in [0.5, 0.6) is 11.5 Å². The van der Waals surface area contributed by atoms with Gasteiger partial charge in [0.25, 0.3) is 0 Å². The van der Waals surface area contributed by atoms with Gasteiger partial charge in [-0.15, -0.1) is 0 Å². The molecule has 13 heavy (non-hydrogen) atoms. The van der Waals surface area contributed by atoms with Crippen LogP contribution in [-0.4, -0.2) is 16.0 Å². The topological polar surface area (TPSA) is 57.5 Å². The van der Waals surface area contributed by atoms with Gasteiger partial charge in [0.2, 0.25) is 0 Å². The van der Waals surface area contributed by atoms with E-state index in [-0.39, 0.29) is 21.8 Å². The number of carbonyl (C=O) groups is 1. The fourth-order valence-corrected chi connectivity index (χ4v) is 1.98. The number of rotatable bonds is 1. The predicted molar refractivity (Wildman–Crippen MR) is 52.2 cm³/mol. The lowest BCUT2D eigenvalue weighted by Gasteiger charge is -2.08. The summed E-state index contributed by atoms with van der Waals surface area (Å²) in [6.45, 7) is 3.10. The van der Waals surface area contributed by atoms with Crippen LogP contribution in [0.3, 0.4) is 0 Å². The number of aromatic hydroxyl groups is 2. The third-order valence-electron chi connectivity index (χ3n) is 1.77. The average molecular weight is 245 g/mol. The molecule has 0 aromatic heterocycles. The van der Waals surface area contributed by atoms with Gasteiger partial charge in [0.15, 0.2) is 17.3 Å². The molecule has 0 heterocycles. The van der Waals surface area contributed by atoms with Crippen LogP contribution in [0, 0.1) is 6.92 Å². The molecular weight excluding hydrogens is 236 g/mol. The van der Waals surface area contributed by atoms with Crippen molar-refractivity contribution in [2.24, 2.45) is 0 Å². The maximum atomic E-state index is 11.1. The molecule has 70 valence electrons. The summed E-state index contributed by atoms with van der Waals surface area (Å²) in [6.07, 6.45) is 0. The van der Waals surface area contributed by atoms with Crippen molar-refractivity contribution < 1.29 is 15.0 Å². The maximum absolute atomic E-state index is 11.1. The Hall–Kier alpha value is -1.03. The van der Waals surface area contributed by atoms with E-state index in [9.17, 15) is 15.0 Å². The molecule has 1 rings (SSSR count). The van der Waals surface area contributed by atoms with Gasteiger partial charge in [-0.2, -0.15) is 0 Å². The van der Waals surface area contributed by atoms with Gasteiger partial charge in [0.1, 0.15) is 0 Å². The van der Waals surface area contributed by atoms with Crippen LogP contribution >= 0.6 is 15.9 Å². The number of ketones is 1. The fourth-order valence-electron chi connectivity index (χ4n) is 1.18. The van der Waals surface area contributed by atoms with Crippen molar-refractivity contribution >= 4 is 21.7 Å². The van der Waals surface area contributed by atoms with Gasteiger partial charge < -0.3 is 10.2 Å². The minimum absolute atomic E-state index is 0.153. The first-order chi connectivity index (χ1) is 5.95. The number of phenols is 2. The van der Waals surface area contributed by atoms with Gasteiger partial charge in [0, 0.05) is 5.56 Å². The number of aryl methyl sites for hydroxylation is 1. The second-order valence-electron chi connectivity index (χ2n) is 2.81. The highest BCUT2D eigenvalue weighted by molar-refractivity contribution is 9.10. The van der Waals surface area contributed by atoms with Crippen LogP contribution in [0.15, 0.2) is 10.5 Å². The third-order valence-corrected chi connectivity index (χ3v) is 2.54. The van der Waals surface area contributed by atoms with Crippen molar-refractivity contribution in [3.8, 4) is 11.5 Å². The van der Waals surface area contributed by atoms with Crippen LogP contribution in [0.2, 0.25) is 0 Å². The van der Waals surface area contributed by atoms with Crippen molar-refractivity contribution in [1.82, 2.24) is 0 Å². The van der Waals surface area contributed by atoms with Gasteiger partial charge in [-0.25, -0.2) is 0 Å². The summed E-state index contributed by atoms with van der Waals surface area (Å²) in [5.41, 5.74) is 1.03. The zero-order valence-corrected chi connectivity index (χ0v) is 8.84. The molecule has 3 nitrogen and oxygen atoms in total. The molecule has 0 aliphatic carbocycles. The van der Waals surface area contributed by atoms with Crippen molar-refractivity contribution in [2.45, 2.75) is 13.8 Å². The van der Waals surface area contributed by atoms with E-state index in [0.717, 1.165) is 0 Å². The smallest absolute Gasteiger partial charge is 0.172 e. The second kappa shape index (κ2) is 3.38. The van der Waals surface area contributed by atoms with E-state index < -0.39 is 0 Å². The maximum Gasteiger partial charge on any atom is 0.172 e. The number of hydrogen-bond donors (Lipinski definition) is 2. The molecular formula is C9H9BrO3. The van der Waals surface area contributed by atoms with E-state index in [0.29, 0.717) is 11.1 Å². The first-order valence-corrected chi connectivity index (χ1v) is 4.46. The molecule has 0 fully saturated rings. The largest absolute Gasteiger partial charge is 0.504 e. The van der Waals surface area contributed by atoms with Gasteiger partial charge in [-0.3, -0.25) is 4.79 Å². The van der Waals surface area contributed by atoms with Crippen molar-refractivity contribution in [1.29, 1.82) is 0 Å². The molecule has 0 bridgehead atoms. The van der Waals surface area contributed by atoms with E-state index in [1.54, 1.807) is 6.92 Å². The highest BCUT2D eigenvalue weighted by Crippen LogP contribution is 2.37. The van der Waals surface area contributed by atoms with Crippen molar-refractivity contribution in [3.05, 3.63) is 21.7 Å². The summed E-state index contributed by atoms with van der Waals surface area (Å²) >= 11 is 3.05. The molecule has 1 aromatic rings. The molecule has 0 unspecified atom stereocenters. The Morgan fingerprint density at radius 2 is 2.00 bits per heavy atom. The van der Waals surface area contributed by atoms with Crippen molar-refractivity contribution in [3.63, 3.8) is 0 Å². The molecule has 0 saturated heterocycles. The predicted octanol–water partition coefficient (Wildman–Crippen LogP) is 2.37. The summed E-state index contributed by atoms with van der Waals surface area (Å²) in [7, 11) is 0. The normalized spacial score (nSPS) is 10.1. The number of hydrogen-bond acceptors (Lipinski definition) is 3. The average Bonchev–Trinajstić information content (AvgIpc) is 1.99. The molecule has 0 saturated carbocycles. The lowest BCUT2D eigenvalue weighted by molar-refractivity contribution is 0.101. The first-order valence-electron chi connectivity index (χ1n) is 3.67. The van der Waals surface area contributed by atoms with Crippen molar-refractivity contribution in [2.75, 3.05) is 0 Å². The Labute approximate surface area is 84.1 Å². The SMILES string of the molecule is CC(=O)c1c(C)cc(O)c(O)c1Br. The number of Topliss-reactive ketones (excluding diaryl/α,β-unsaturated/α-hetero) is 1. The van der Waals surface area contributed by atoms with Gasteiger partial charge in [0.05, 0.1) is 4.47 Å². The standard InChI is InChI=1S/C9H9BrO3/c1-4-3-6(12)9(13)8(10)7(4)5(2)11/h3,12-13H,1-2H3. The van der Waals surface area contributed by atoms with Gasteiger partial charge in [-0.1, -0.05) is 0 Å². The Morgan fingerprint density at radius 3 is 2.46 bits per heavy atom. The van der Waals surface area contributed by atoms with E-state index in [1.807, 2.05) is 0 Å².